The van der Waals surface area contributed by atoms with Gasteiger partial charge in [-0.25, -0.2) is 5.43 Å². The van der Waals surface area contributed by atoms with E-state index in [1.807, 2.05) is 13.0 Å². The number of furan rings is 1. The summed E-state index contributed by atoms with van der Waals surface area (Å²) in [6.45, 7) is 2.71. The lowest BCUT2D eigenvalue weighted by Crippen LogP contribution is -2.16. The molecule has 0 fully saturated rings. The van der Waals surface area contributed by atoms with E-state index in [1.54, 1.807) is 61.7 Å². The van der Waals surface area contributed by atoms with Gasteiger partial charge in [0.1, 0.15) is 17.9 Å². The second-order valence-corrected chi connectivity index (χ2v) is 8.22. The van der Waals surface area contributed by atoms with Crippen LogP contribution in [0.5, 0.6) is 17.2 Å². The number of rotatable bonds is 9. The molecule has 0 unspecified atom stereocenters. The number of hydrogen-bond donors (Lipinski definition) is 1. The fourth-order valence-electron chi connectivity index (χ4n) is 3.29. The highest BCUT2D eigenvalue weighted by atomic mass is 35.5. The predicted octanol–water partition coefficient (Wildman–Crippen LogP) is 6.49. The van der Waals surface area contributed by atoms with E-state index in [0.29, 0.717) is 45.0 Å². The van der Waals surface area contributed by atoms with Gasteiger partial charge < -0.3 is 18.6 Å². The highest BCUT2D eigenvalue weighted by molar-refractivity contribution is 6.35. The van der Waals surface area contributed by atoms with Crippen LogP contribution >= 0.6 is 23.2 Å². The van der Waals surface area contributed by atoms with Gasteiger partial charge in [-0.05, 0) is 67.1 Å². The summed E-state index contributed by atoms with van der Waals surface area (Å²) >= 11 is 12.1. The molecule has 9 heteroatoms. The number of methoxy groups -OCH3 is 1. The van der Waals surface area contributed by atoms with Gasteiger partial charge in [-0.1, -0.05) is 29.3 Å². The summed E-state index contributed by atoms with van der Waals surface area (Å²) in [5.74, 6) is 1.43. The first-order valence-electron chi connectivity index (χ1n) is 10.7. The van der Waals surface area contributed by atoms with Crippen LogP contribution in [0.4, 0.5) is 0 Å². The van der Waals surface area contributed by atoms with Gasteiger partial charge in [0.05, 0.1) is 19.9 Å². The molecule has 4 aromatic rings. The minimum Gasteiger partial charge on any atom is -0.494 e. The maximum Gasteiger partial charge on any atom is 0.307 e. The molecule has 0 bridgehead atoms. The van der Waals surface area contributed by atoms with Gasteiger partial charge in [-0.2, -0.15) is 5.10 Å². The Balaban J connectivity index is 1.39. The Morgan fingerprint density at radius 1 is 1.03 bits per heavy atom. The fraction of sp³-hybridized carbons (Fsp3) is 0.154. The number of amides is 1. The lowest BCUT2D eigenvalue weighted by atomic mass is 10.2. The van der Waals surface area contributed by atoms with Gasteiger partial charge in [0.15, 0.2) is 17.3 Å². The first kappa shape index (κ1) is 24.4. The summed E-state index contributed by atoms with van der Waals surface area (Å²) in [6.07, 6.45) is 1.50. The third kappa shape index (κ3) is 6.07. The Labute approximate surface area is 212 Å². The molecule has 1 aromatic heterocycles. The Morgan fingerprint density at radius 3 is 2.66 bits per heavy atom. The SMILES string of the molecule is CCOc1ccc2oc(C(=O)N/N=C/c3ccc(OCc4ccc(Cl)cc4Cl)c(OC)c3)cc2c1. The molecule has 35 heavy (non-hydrogen) atoms. The highest BCUT2D eigenvalue weighted by Crippen LogP contribution is 2.30. The van der Waals surface area contributed by atoms with Crippen molar-refractivity contribution in [3.63, 3.8) is 0 Å². The van der Waals surface area contributed by atoms with Crippen LogP contribution < -0.4 is 19.6 Å². The van der Waals surface area contributed by atoms with Crippen molar-refractivity contribution >= 4 is 46.3 Å². The maximum absolute atomic E-state index is 12.4. The average Bonchev–Trinajstić information content (AvgIpc) is 3.28. The molecule has 7 nitrogen and oxygen atoms in total. The molecule has 0 radical (unpaired) electrons. The zero-order chi connectivity index (χ0) is 24.8. The van der Waals surface area contributed by atoms with E-state index in [1.165, 1.54) is 6.21 Å². The van der Waals surface area contributed by atoms with Crippen molar-refractivity contribution in [2.24, 2.45) is 5.10 Å². The fourth-order valence-corrected chi connectivity index (χ4v) is 3.75. The number of carbonyl (C=O) groups is 1. The smallest absolute Gasteiger partial charge is 0.307 e. The third-order valence-electron chi connectivity index (χ3n) is 4.99. The second kappa shape index (κ2) is 11.2. The third-order valence-corrected chi connectivity index (χ3v) is 5.58. The van der Waals surface area contributed by atoms with Crippen LogP contribution in [-0.4, -0.2) is 25.8 Å². The zero-order valence-electron chi connectivity index (χ0n) is 19.0. The van der Waals surface area contributed by atoms with Crippen molar-refractivity contribution in [2.45, 2.75) is 13.5 Å². The van der Waals surface area contributed by atoms with Crippen molar-refractivity contribution in [2.75, 3.05) is 13.7 Å². The number of hydrogen-bond acceptors (Lipinski definition) is 6. The van der Waals surface area contributed by atoms with Gasteiger partial charge in [0.25, 0.3) is 0 Å². The summed E-state index contributed by atoms with van der Waals surface area (Å²) in [4.78, 5) is 12.4. The summed E-state index contributed by atoms with van der Waals surface area (Å²) in [5.41, 5.74) is 4.55. The molecule has 0 atom stereocenters. The van der Waals surface area contributed by atoms with E-state index in [4.69, 9.17) is 41.8 Å². The quantitative estimate of drug-likeness (QED) is 0.204. The van der Waals surface area contributed by atoms with Crippen molar-refractivity contribution in [3.8, 4) is 17.2 Å². The summed E-state index contributed by atoms with van der Waals surface area (Å²) < 4.78 is 22.4. The Kier molecular flexibility index (Phi) is 7.80. The summed E-state index contributed by atoms with van der Waals surface area (Å²) in [6, 6.07) is 17.5. The Morgan fingerprint density at radius 2 is 1.89 bits per heavy atom. The van der Waals surface area contributed by atoms with E-state index >= 15 is 0 Å². The number of carbonyl (C=O) groups excluding carboxylic acids is 1. The molecular formula is C26H22Cl2N2O5. The number of halogens is 2. The second-order valence-electron chi connectivity index (χ2n) is 7.38. The van der Waals surface area contributed by atoms with Crippen molar-refractivity contribution in [3.05, 3.63) is 87.6 Å². The minimum absolute atomic E-state index is 0.146. The van der Waals surface area contributed by atoms with E-state index in [2.05, 4.69) is 10.5 Å². The van der Waals surface area contributed by atoms with Gasteiger partial charge in [0, 0.05) is 21.0 Å². The highest BCUT2D eigenvalue weighted by Gasteiger charge is 2.13. The number of nitrogens with one attached hydrogen (secondary N) is 1. The minimum atomic E-state index is -0.470. The van der Waals surface area contributed by atoms with Crippen LogP contribution in [0.2, 0.25) is 10.0 Å². The van der Waals surface area contributed by atoms with Crippen LogP contribution in [0.25, 0.3) is 11.0 Å². The van der Waals surface area contributed by atoms with Gasteiger partial charge in [-0.15, -0.1) is 0 Å². The summed E-state index contributed by atoms with van der Waals surface area (Å²) in [5, 5.41) is 5.87. The molecule has 1 heterocycles. The van der Waals surface area contributed by atoms with E-state index in [-0.39, 0.29) is 12.4 Å². The molecule has 4 rings (SSSR count). The topological polar surface area (TPSA) is 82.3 Å². The van der Waals surface area contributed by atoms with Crippen molar-refractivity contribution < 1.29 is 23.4 Å². The predicted molar refractivity (Wildman–Crippen MR) is 136 cm³/mol. The van der Waals surface area contributed by atoms with E-state index in [9.17, 15) is 4.79 Å². The zero-order valence-corrected chi connectivity index (χ0v) is 20.5. The van der Waals surface area contributed by atoms with Crippen LogP contribution in [0.3, 0.4) is 0 Å². The number of hydrazone groups is 1. The summed E-state index contributed by atoms with van der Waals surface area (Å²) in [7, 11) is 1.54. The number of fused-ring (bicyclic) bond motifs is 1. The monoisotopic (exact) mass is 512 g/mol. The molecule has 0 saturated carbocycles. The molecule has 0 aliphatic carbocycles. The Bertz CT molecular complexity index is 1380. The van der Waals surface area contributed by atoms with Crippen LogP contribution in [-0.2, 0) is 6.61 Å². The van der Waals surface area contributed by atoms with E-state index < -0.39 is 5.91 Å². The van der Waals surface area contributed by atoms with Gasteiger partial charge in [-0.3, -0.25) is 4.79 Å². The standard InChI is InChI=1S/C26H22Cl2N2O5/c1-3-33-20-7-9-22-18(11-20)12-25(35-22)26(31)30-29-14-16-4-8-23(24(10-16)32-2)34-15-17-5-6-19(27)13-21(17)28/h4-14H,3,15H2,1-2H3,(H,30,31)/b29-14+. The molecule has 0 aliphatic rings. The maximum atomic E-state index is 12.4. The molecule has 0 spiro atoms. The lowest BCUT2D eigenvalue weighted by molar-refractivity contribution is 0.0929. The van der Waals surface area contributed by atoms with Crippen molar-refractivity contribution in [1.82, 2.24) is 5.43 Å². The van der Waals surface area contributed by atoms with Gasteiger partial charge in [0.2, 0.25) is 0 Å². The lowest BCUT2D eigenvalue weighted by Gasteiger charge is -2.12. The molecule has 1 amide bonds. The van der Waals surface area contributed by atoms with Gasteiger partial charge >= 0.3 is 5.91 Å². The molecule has 3 aromatic carbocycles. The molecule has 0 saturated heterocycles. The van der Waals surface area contributed by atoms with Crippen LogP contribution in [0.15, 0.2) is 70.2 Å². The van der Waals surface area contributed by atoms with E-state index in [0.717, 1.165) is 10.9 Å². The van der Waals surface area contributed by atoms with Crippen LogP contribution in [0.1, 0.15) is 28.6 Å². The number of nitrogens with zero attached hydrogens (tertiary/aromatic N) is 1. The first-order chi connectivity index (χ1) is 17.0. The Hall–Kier alpha value is -3.68. The number of benzene rings is 3. The molecule has 0 aliphatic heterocycles. The van der Waals surface area contributed by atoms with Crippen molar-refractivity contribution in [1.29, 1.82) is 0 Å². The van der Waals surface area contributed by atoms with Crippen LogP contribution in [0, 0.1) is 0 Å². The molecule has 1 N–H and O–H groups in total. The number of ether oxygens (including phenoxy) is 3. The average molecular weight is 513 g/mol. The largest absolute Gasteiger partial charge is 0.494 e. The molecule has 180 valence electrons. The first-order valence-corrected chi connectivity index (χ1v) is 11.5. The molecular weight excluding hydrogens is 491 g/mol. The normalized spacial score (nSPS) is 11.1.